The van der Waals surface area contributed by atoms with Gasteiger partial charge in [-0.3, -0.25) is 4.79 Å². The molecule has 22 heavy (non-hydrogen) atoms. The third-order valence-corrected chi connectivity index (χ3v) is 6.92. The Morgan fingerprint density at radius 2 is 2.09 bits per heavy atom. The van der Waals surface area contributed by atoms with Gasteiger partial charge in [0, 0.05) is 11.3 Å². The van der Waals surface area contributed by atoms with Crippen LogP contribution < -0.4 is 4.72 Å². The minimum Gasteiger partial charge on any atom is -0.298 e. The number of rotatable bonds is 6. The predicted molar refractivity (Wildman–Crippen MR) is 95.3 cm³/mol. The standard InChI is InChI=1S/C14H18BrClN2O2S2/c1-13(2,3)22(20)18-14(4,8-9(19)5-6-17)12-10(16)7-11(15)21-12/h7,18H,5,8H2,1-4H3/t14-,22+/m0/s1. The summed E-state index contributed by atoms with van der Waals surface area (Å²) in [6, 6.07) is 3.60. The SMILES string of the molecule is CC(C)(C)[S@@](=O)N[C@@](C)(CC(=O)CC#N)c1sc(Br)cc1Cl. The van der Waals surface area contributed by atoms with E-state index in [1.165, 1.54) is 11.3 Å². The van der Waals surface area contributed by atoms with Gasteiger partial charge in [0.25, 0.3) is 0 Å². The van der Waals surface area contributed by atoms with Crippen molar-refractivity contribution >= 4 is 55.6 Å². The van der Waals surface area contributed by atoms with E-state index in [-0.39, 0.29) is 18.6 Å². The van der Waals surface area contributed by atoms with E-state index in [0.29, 0.717) is 5.02 Å². The molecule has 0 aliphatic carbocycles. The molecule has 0 unspecified atom stereocenters. The van der Waals surface area contributed by atoms with Gasteiger partial charge in [0.05, 0.1) is 42.6 Å². The molecule has 0 saturated heterocycles. The van der Waals surface area contributed by atoms with Gasteiger partial charge in [-0.15, -0.1) is 11.3 Å². The number of halogens is 2. The van der Waals surface area contributed by atoms with Gasteiger partial charge in [0.15, 0.2) is 0 Å². The number of carbonyl (C=O) groups excluding carboxylic acids is 1. The van der Waals surface area contributed by atoms with E-state index in [1.807, 2.05) is 26.8 Å². The molecule has 0 aromatic carbocycles. The second kappa shape index (κ2) is 7.54. The van der Waals surface area contributed by atoms with E-state index in [2.05, 4.69) is 20.7 Å². The molecular formula is C14H18BrClN2O2S2. The van der Waals surface area contributed by atoms with Crippen molar-refractivity contribution in [2.45, 2.75) is 50.8 Å². The van der Waals surface area contributed by atoms with Crippen molar-refractivity contribution in [1.29, 1.82) is 5.26 Å². The summed E-state index contributed by atoms with van der Waals surface area (Å²) in [6.45, 7) is 7.33. The molecule has 8 heteroatoms. The number of hydrogen-bond acceptors (Lipinski definition) is 4. The maximum absolute atomic E-state index is 12.5. The summed E-state index contributed by atoms with van der Waals surface area (Å²) in [6.07, 6.45) is -0.126. The molecule has 0 fully saturated rings. The lowest BCUT2D eigenvalue weighted by molar-refractivity contribution is -0.119. The summed E-state index contributed by atoms with van der Waals surface area (Å²) < 4.78 is 15.9. The zero-order valence-corrected chi connectivity index (χ0v) is 16.8. The highest BCUT2D eigenvalue weighted by atomic mass is 79.9. The Balaban J connectivity index is 3.21. The molecule has 0 radical (unpaired) electrons. The molecule has 122 valence electrons. The molecule has 0 bridgehead atoms. The molecule has 1 heterocycles. The lowest BCUT2D eigenvalue weighted by atomic mass is 9.93. The number of thiophene rings is 1. The maximum Gasteiger partial charge on any atom is 0.149 e. The second-order valence-electron chi connectivity index (χ2n) is 6.09. The Morgan fingerprint density at radius 1 is 1.50 bits per heavy atom. The van der Waals surface area contributed by atoms with Crippen molar-refractivity contribution in [3.63, 3.8) is 0 Å². The molecule has 1 aromatic heterocycles. The van der Waals surface area contributed by atoms with E-state index in [4.69, 9.17) is 16.9 Å². The largest absolute Gasteiger partial charge is 0.298 e. The van der Waals surface area contributed by atoms with Crippen LogP contribution in [0.15, 0.2) is 9.85 Å². The first-order valence-electron chi connectivity index (χ1n) is 6.53. The van der Waals surface area contributed by atoms with Crippen molar-refractivity contribution in [3.8, 4) is 6.07 Å². The van der Waals surface area contributed by atoms with Crippen LogP contribution in [0.25, 0.3) is 0 Å². The smallest absolute Gasteiger partial charge is 0.149 e. The second-order valence-corrected chi connectivity index (χ2v) is 10.9. The summed E-state index contributed by atoms with van der Waals surface area (Å²) >= 11 is 11.0. The topological polar surface area (TPSA) is 70.0 Å². The average Bonchev–Trinajstić information content (AvgIpc) is 2.67. The average molecular weight is 426 g/mol. The van der Waals surface area contributed by atoms with Gasteiger partial charge in [-0.2, -0.15) is 5.26 Å². The Labute approximate surface area is 151 Å². The lowest BCUT2D eigenvalue weighted by Gasteiger charge is -2.32. The van der Waals surface area contributed by atoms with Crippen LogP contribution in [0.4, 0.5) is 0 Å². The Morgan fingerprint density at radius 3 is 2.50 bits per heavy atom. The summed E-state index contributed by atoms with van der Waals surface area (Å²) in [7, 11) is -1.38. The van der Waals surface area contributed by atoms with Crippen LogP contribution >= 0.6 is 38.9 Å². The summed E-state index contributed by atoms with van der Waals surface area (Å²) in [5, 5.41) is 9.19. The molecule has 0 saturated carbocycles. The Bertz CT molecular complexity index is 634. The first-order chi connectivity index (χ1) is 9.99. The Hall–Kier alpha value is -0.260. The van der Waals surface area contributed by atoms with Crippen molar-refractivity contribution in [1.82, 2.24) is 4.72 Å². The summed E-state index contributed by atoms with van der Waals surface area (Å²) in [5.41, 5.74) is -0.889. The van der Waals surface area contributed by atoms with Gasteiger partial charge in [-0.25, -0.2) is 8.93 Å². The van der Waals surface area contributed by atoms with Gasteiger partial charge in [-0.1, -0.05) is 11.6 Å². The highest BCUT2D eigenvalue weighted by Gasteiger charge is 2.37. The molecule has 0 aliphatic rings. The zero-order valence-electron chi connectivity index (χ0n) is 12.8. The molecule has 1 aromatic rings. The quantitative estimate of drug-likeness (QED) is 0.738. The first-order valence-corrected chi connectivity index (χ1v) is 9.67. The minimum absolute atomic E-state index is 0.0506. The number of nitrogens with zero attached hydrogens (tertiary/aromatic N) is 1. The number of Topliss-reactive ketones (excluding diaryl/α,β-unsaturated/α-hetero) is 1. The number of hydrogen-bond donors (Lipinski definition) is 1. The highest BCUT2D eigenvalue weighted by Crippen LogP contribution is 2.40. The van der Waals surface area contributed by atoms with Crippen molar-refractivity contribution in [3.05, 3.63) is 19.8 Å². The maximum atomic E-state index is 12.5. The molecule has 0 amide bonds. The Kier molecular flexibility index (Phi) is 6.78. The van der Waals surface area contributed by atoms with Gasteiger partial charge in [-0.05, 0) is 49.7 Å². The van der Waals surface area contributed by atoms with Crippen LogP contribution in [-0.2, 0) is 21.3 Å². The monoisotopic (exact) mass is 424 g/mol. The molecule has 2 atom stereocenters. The summed E-state index contributed by atoms with van der Waals surface area (Å²) in [5.74, 6) is -0.219. The van der Waals surface area contributed by atoms with Crippen molar-refractivity contribution in [2.75, 3.05) is 0 Å². The fourth-order valence-corrected chi connectivity index (χ4v) is 4.96. The third kappa shape index (κ3) is 5.14. The number of ketones is 1. The summed E-state index contributed by atoms with van der Waals surface area (Å²) in [4.78, 5) is 12.7. The van der Waals surface area contributed by atoms with Gasteiger partial charge in [0.1, 0.15) is 5.78 Å². The third-order valence-electron chi connectivity index (χ3n) is 2.86. The van der Waals surface area contributed by atoms with Crippen LogP contribution in [0.5, 0.6) is 0 Å². The van der Waals surface area contributed by atoms with E-state index in [1.54, 1.807) is 13.0 Å². The zero-order chi connectivity index (χ0) is 17.1. The van der Waals surface area contributed by atoms with Crippen LogP contribution in [0.1, 0.15) is 45.4 Å². The van der Waals surface area contributed by atoms with Gasteiger partial charge >= 0.3 is 0 Å². The van der Waals surface area contributed by atoms with Crippen molar-refractivity contribution < 1.29 is 9.00 Å². The molecule has 1 rings (SSSR count). The van der Waals surface area contributed by atoms with E-state index < -0.39 is 21.3 Å². The normalized spacial score (nSPS) is 15.9. The van der Waals surface area contributed by atoms with Gasteiger partial charge < -0.3 is 0 Å². The van der Waals surface area contributed by atoms with Crippen molar-refractivity contribution in [2.24, 2.45) is 0 Å². The fraction of sp³-hybridized carbons (Fsp3) is 0.571. The number of nitrogens with one attached hydrogen (secondary N) is 1. The molecule has 1 N–H and O–H groups in total. The molecular weight excluding hydrogens is 408 g/mol. The molecule has 0 aliphatic heterocycles. The van der Waals surface area contributed by atoms with Gasteiger partial charge in [0.2, 0.25) is 0 Å². The van der Waals surface area contributed by atoms with Crippen LogP contribution in [0, 0.1) is 11.3 Å². The van der Waals surface area contributed by atoms with E-state index >= 15 is 0 Å². The highest BCUT2D eigenvalue weighted by molar-refractivity contribution is 9.11. The van der Waals surface area contributed by atoms with Crippen LogP contribution in [0.3, 0.4) is 0 Å². The number of nitriles is 1. The number of carbonyl (C=O) groups is 1. The molecule has 4 nitrogen and oxygen atoms in total. The van der Waals surface area contributed by atoms with E-state index in [0.717, 1.165) is 8.66 Å². The minimum atomic E-state index is -1.38. The fourth-order valence-electron chi connectivity index (χ4n) is 1.78. The predicted octanol–water partition coefficient (Wildman–Crippen LogP) is 4.30. The van der Waals surface area contributed by atoms with Crippen LogP contribution in [0.2, 0.25) is 5.02 Å². The van der Waals surface area contributed by atoms with Crippen LogP contribution in [-0.4, -0.2) is 14.7 Å². The van der Waals surface area contributed by atoms with E-state index in [9.17, 15) is 9.00 Å². The first kappa shape index (κ1) is 19.8. The lowest BCUT2D eigenvalue weighted by Crippen LogP contribution is -2.47. The molecule has 0 spiro atoms.